The summed E-state index contributed by atoms with van der Waals surface area (Å²) in [4.78, 5) is 11.4. The standard InChI is InChI=1S/C5H11Cl.C5H5NOS2/c1-2-3-4-5-6;6-9-5(7)4-2-1-3-8-4/h2-5H2,1H3;1-3H,6H2. The first kappa shape index (κ1) is 15.0. The molecule has 0 aromatic carbocycles. The van der Waals surface area contributed by atoms with E-state index in [2.05, 4.69) is 6.92 Å². The third-order valence-electron chi connectivity index (χ3n) is 1.57. The van der Waals surface area contributed by atoms with Crippen molar-refractivity contribution in [2.45, 2.75) is 26.2 Å². The Hall–Kier alpha value is -0.0300. The molecule has 1 heterocycles. The molecule has 2 N–H and O–H groups in total. The van der Waals surface area contributed by atoms with Gasteiger partial charge in [0.2, 0.25) is 5.12 Å². The highest BCUT2D eigenvalue weighted by Crippen LogP contribution is 2.12. The quantitative estimate of drug-likeness (QED) is 0.510. The molecule has 1 aromatic rings. The van der Waals surface area contributed by atoms with Crippen LogP contribution < -0.4 is 5.14 Å². The summed E-state index contributed by atoms with van der Waals surface area (Å²) in [5.41, 5.74) is 0. The second-order valence-electron chi connectivity index (χ2n) is 2.78. The van der Waals surface area contributed by atoms with Crippen LogP contribution in [0, 0.1) is 0 Å². The van der Waals surface area contributed by atoms with E-state index in [0.29, 0.717) is 4.88 Å². The minimum atomic E-state index is -0.0648. The number of carbonyl (C=O) groups is 1. The van der Waals surface area contributed by atoms with Crippen LogP contribution in [-0.4, -0.2) is 11.0 Å². The van der Waals surface area contributed by atoms with E-state index in [-0.39, 0.29) is 5.12 Å². The Morgan fingerprint density at radius 2 is 2.33 bits per heavy atom. The minimum Gasteiger partial charge on any atom is -0.279 e. The summed E-state index contributed by atoms with van der Waals surface area (Å²) in [6, 6.07) is 3.58. The first-order valence-corrected chi connectivity index (χ1v) is 7.06. The van der Waals surface area contributed by atoms with Crippen LogP contribution in [0.15, 0.2) is 17.5 Å². The molecule has 86 valence electrons. The summed E-state index contributed by atoms with van der Waals surface area (Å²) < 4.78 is 0. The highest BCUT2D eigenvalue weighted by atomic mass is 35.5. The molecule has 0 spiro atoms. The number of hydrogen-bond donors (Lipinski definition) is 1. The van der Waals surface area contributed by atoms with E-state index < -0.39 is 0 Å². The van der Waals surface area contributed by atoms with Crippen LogP contribution in [0.1, 0.15) is 35.9 Å². The normalized spacial score (nSPS) is 9.27. The van der Waals surface area contributed by atoms with Crippen molar-refractivity contribution >= 4 is 40.0 Å². The van der Waals surface area contributed by atoms with Gasteiger partial charge in [0, 0.05) is 5.88 Å². The van der Waals surface area contributed by atoms with Crippen molar-refractivity contribution in [2.24, 2.45) is 5.14 Å². The van der Waals surface area contributed by atoms with Crippen LogP contribution in [0.3, 0.4) is 0 Å². The van der Waals surface area contributed by atoms with Gasteiger partial charge >= 0.3 is 0 Å². The first-order valence-electron chi connectivity index (χ1n) is 4.76. The van der Waals surface area contributed by atoms with E-state index in [9.17, 15) is 4.79 Å². The number of alkyl halides is 1. The average Bonchev–Trinajstić information content (AvgIpc) is 2.79. The smallest absolute Gasteiger partial charge is 0.243 e. The van der Waals surface area contributed by atoms with E-state index in [4.69, 9.17) is 16.7 Å². The monoisotopic (exact) mass is 265 g/mol. The minimum absolute atomic E-state index is 0.0648. The molecule has 2 nitrogen and oxygen atoms in total. The summed E-state index contributed by atoms with van der Waals surface area (Å²) in [6.45, 7) is 2.17. The molecule has 0 unspecified atom stereocenters. The molecule has 0 amide bonds. The second-order valence-corrected chi connectivity index (χ2v) is 4.71. The van der Waals surface area contributed by atoms with Crippen molar-refractivity contribution < 1.29 is 4.79 Å². The maximum atomic E-state index is 10.7. The van der Waals surface area contributed by atoms with Gasteiger partial charge in [-0.3, -0.25) is 9.93 Å². The molecular formula is C10H16ClNOS2. The van der Waals surface area contributed by atoms with E-state index in [1.807, 2.05) is 11.4 Å². The lowest BCUT2D eigenvalue weighted by Crippen LogP contribution is -1.92. The summed E-state index contributed by atoms with van der Waals surface area (Å²) in [5.74, 6) is 0.827. The summed E-state index contributed by atoms with van der Waals surface area (Å²) in [6.07, 6.45) is 3.73. The average molecular weight is 266 g/mol. The van der Waals surface area contributed by atoms with Crippen molar-refractivity contribution in [1.29, 1.82) is 0 Å². The predicted octanol–water partition coefficient (Wildman–Crippen LogP) is 3.91. The van der Waals surface area contributed by atoms with E-state index in [0.717, 1.165) is 17.8 Å². The van der Waals surface area contributed by atoms with Gasteiger partial charge in [0.15, 0.2) is 0 Å². The molecule has 1 rings (SSSR count). The Labute approximate surface area is 104 Å². The zero-order valence-electron chi connectivity index (χ0n) is 8.74. The Morgan fingerprint density at radius 1 is 1.60 bits per heavy atom. The first-order chi connectivity index (χ1) is 7.26. The highest BCUT2D eigenvalue weighted by Gasteiger charge is 2.02. The summed E-state index contributed by atoms with van der Waals surface area (Å²) in [7, 11) is 0. The second kappa shape index (κ2) is 10.5. The Kier molecular flexibility index (Phi) is 10.5. The Morgan fingerprint density at radius 3 is 2.67 bits per heavy atom. The number of hydrogen-bond acceptors (Lipinski definition) is 4. The molecule has 1 aromatic heterocycles. The van der Waals surface area contributed by atoms with Crippen molar-refractivity contribution in [1.82, 2.24) is 0 Å². The zero-order valence-corrected chi connectivity index (χ0v) is 11.1. The van der Waals surface area contributed by atoms with E-state index in [1.165, 1.54) is 30.6 Å². The fourth-order valence-corrected chi connectivity index (χ4v) is 2.02. The van der Waals surface area contributed by atoms with Gasteiger partial charge in [0.1, 0.15) is 0 Å². The van der Waals surface area contributed by atoms with Crippen LogP contribution in [0.5, 0.6) is 0 Å². The van der Waals surface area contributed by atoms with Crippen LogP contribution in [0.4, 0.5) is 0 Å². The molecule has 0 fully saturated rings. The van der Waals surface area contributed by atoms with Gasteiger partial charge in [-0.05, 0) is 29.8 Å². The van der Waals surface area contributed by atoms with Gasteiger partial charge in [-0.2, -0.15) is 0 Å². The molecule has 0 atom stereocenters. The van der Waals surface area contributed by atoms with Gasteiger partial charge in [-0.1, -0.05) is 25.8 Å². The number of rotatable bonds is 4. The molecule has 15 heavy (non-hydrogen) atoms. The number of thiophene rings is 1. The number of carbonyl (C=O) groups excluding carboxylic acids is 1. The van der Waals surface area contributed by atoms with Crippen LogP contribution in [0.2, 0.25) is 0 Å². The SMILES string of the molecule is CCCCCCl.NSC(=O)c1cccs1. The lowest BCUT2D eigenvalue weighted by molar-refractivity contribution is 0.109. The summed E-state index contributed by atoms with van der Waals surface area (Å²) >= 11 is 7.54. The van der Waals surface area contributed by atoms with Gasteiger partial charge < -0.3 is 0 Å². The molecule has 0 saturated heterocycles. The molecule has 0 saturated carbocycles. The molecular weight excluding hydrogens is 250 g/mol. The molecule has 5 heteroatoms. The van der Waals surface area contributed by atoms with E-state index in [1.54, 1.807) is 6.07 Å². The Balaban J connectivity index is 0.000000288. The number of halogens is 1. The molecule has 0 radical (unpaired) electrons. The molecule has 0 bridgehead atoms. The van der Waals surface area contributed by atoms with Crippen molar-refractivity contribution in [3.8, 4) is 0 Å². The van der Waals surface area contributed by atoms with Gasteiger partial charge in [0.05, 0.1) is 4.88 Å². The fourth-order valence-electron chi connectivity index (χ4n) is 0.797. The molecule has 0 aliphatic rings. The maximum Gasteiger partial charge on any atom is 0.243 e. The van der Waals surface area contributed by atoms with Gasteiger partial charge in [-0.15, -0.1) is 22.9 Å². The van der Waals surface area contributed by atoms with Gasteiger partial charge in [0.25, 0.3) is 0 Å². The topological polar surface area (TPSA) is 43.1 Å². The molecule has 0 aliphatic carbocycles. The van der Waals surface area contributed by atoms with Crippen molar-refractivity contribution in [3.63, 3.8) is 0 Å². The van der Waals surface area contributed by atoms with E-state index >= 15 is 0 Å². The fraction of sp³-hybridized carbons (Fsp3) is 0.500. The summed E-state index contributed by atoms with van der Waals surface area (Å²) in [5, 5.41) is 6.82. The third kappa shape index (κ3) is 7.85. The maximum absolute atomic E-state index is 10.7. The van der Waals surface area contributed by atoms with Crippen LogP contribution in [0.25, 0.3) is 0 Å². The largest absolute Gasteiger partial charge is 0.279 e. The van der Waals surface area contributed by atoms with Gasteiger partial charge in [-0.25, -0.2) is 0 Å². The predicted molar refractivity (Wildman–Crippen MR) is 70.7 cm³/mol. The lowest BCUT2D eigenvalue weighted by Gasteiger charge is -1.85. The lowest BCUT2D eigenvalue weighted by atomic mass is 10.3. The molecule has 0 aliphatic heterocycles. The van der Waals surface area contributed by atoms with Crippen LogP contribution >= 0.6 is 34.9 Å². The highest BCUT2D eigenvalue weighted by molar-refractivity contribution is 8.12. The zero-order chi connectivity index (χ0) is 11.5. The third-order valence-corrected chi connectivity index (χ3v) is 3.27. The Bertz CT molecular complexity index is 248. The van der Waals surface area contributed by atoms with Crippen LogP contribution in [-0.2, 0) is 0 Å². The van der Waals surface area contributed by atoms with Crippen molar-refractivity contribution in [2.75, 3.05) is 5.88 Å². The number of nitrogens with two attached hydrogens (primary N) is 1. The van der Waals surface area contributed by atoms with Crippen molar-refractivity contribution in [3.05, 3.63) is 22.4 Å². The number of unbranched alkanes of at least 4 members (excludes halogenated alkanes) is 2.